The number of rotatable bonds is 8. The molecule has 1 N–H and O–H groups in total. The summed E-state index contributed by atoms with van der Waals surface area (Å²) in [5, 5.41) is 9.03. The van der Waals surface area contributed by atoms with Crippen molar-refractivity contribution in [1.82, 2.24) is 0 Å². The lowest BCUT2D eigenvalue weighted by Crippen LogP contribution is -2.12. The SMILES string of the molecule is C1CC1.COc1cccc(C2CC2COc2cccc(CC(C)C(=O)O)c2)c1. The van der Waals surface area contributed by atoms with Crippen molar-refractivity contribution in [1.29, 1.82) is 0 Å². The predicted molar refractivity (Wildman–Crippen MR) is 110 cm³/mol. The van der Waals surface area contributed by atoms with Crippen molar-refractivity contribution in [2.45, 2.75) is 44.9 Å². The molecule has 2 fully saturated rings. The predicted octanol–water partition coefficient (Wildman–Crippen LogP) is 5.31. The number of aliphatic carboxylic acids is 1. The van der Waals surface area contributed by atoms with E-state index >= 15 is 0 Å². The number of carboxylic acid groups (broad SMARTS) is 1. The molecule has 2 aromatic rings. The van der Waals surface area contributed by atoms with Gasteiger partial charge in [-0.2, -0.15) is 0 Å². The maximum atomic E-state index is 11.0. The fourth-order valence-corrected chi connectivity index (χ4v) is 3.12. The lowest BCUT2D eigenvalue weighted by Gasteiger charge is -2.10. The van der Waals surface area contributed by atoms with Gasteiger partial charge in [0.1, 0.15) is 11.5 Å². The van der Waals surface area contributed by atoms with Gasteiger partial charge in [0, 0.05) is 5.92 Å². The maximum Gasteiger partial charge on any atom is 0.306 e. The highest BCUT2D eigenvalue weighted by atomic mass is 16.5. The number of methoxy groups -OCH3 is 1. The Labute approximate surface area is 167 Å². The second kappa shape index (κ2) is 9.63. The highest BCUT2D eigenvalue weighted by molar-refractivity contribution is 5.69. The molecular weight excluding hydrogens is 352 g/mol. The first-order valence-corrected chi connectivity index (χ1v) is 10.2. The molecule has 0 aliphatic heterocycles. The zero-order chi connectivity index (χ0) is 19.9. The molecule has 0 bridgehead atoms. The Balaban J connectivity index is 0.000000684. The number of ether oxygens (including phenoxy) is 2. The Bertz CT molecular complexity index is 781. The maximum absolute atomic E-state index is 11.0. The normalized spacial score (nSPS) is 20.4. The topological polar surface area (TPSA) is 55.8 Å². The van der Waals surface area contributed by atoms with E-state index in [1.54, 1.807) is 14.0 Å². The van der Waals surface area contributed by atoms with Crippen molar-refractivity contribution in [2.75, 3.05) is 13.7 Å². The zero-order valence-electron chi connectivity index (χ0n) is 16.8. The summed E-state index contributed by atoms with van der Waals surface area (Å²) < 4.78 is 11.2. The third kappa shape index (κ3) is 6.29. The number of hydrogen-bond donors (Lipinski definition) is 1. The van der Waals surface area contributed by atoms with Crippen molar-refractivity contribution >= 4 is 5.97 Å². The largest absolute Gasteiger partial charge is 0.497 e. The van der Waals surface area contributed by atoms with Crippen molar-refractivity contribution in [3.63, 3.8) is 0 Å². The molecule has 2 aliphatic carbocycles. The first-order chi connectivity index (χ1) is 13.6. The Morgan fingerprint density at radius 2 is 1.82 bits per heavy atom. The molecule has 2 aliphatic rings. The molecule has 150 valence electrons. The summed E-state index contributed by atoms with van der Waals surface area (Å²) in [6, 6.07) is 16.0. The van der Waals surface area contributed by atoms with E-state index in [9.17, 15) is 4.79 Å². The summed E-state index contributed by atoms with van der Waals surface area (Å²) in [4.78, 5) is 11.0. The van der Waals surface area contributed by atoms with Gasteiger partial charge in [-0.15, -0.1) is 0 Å². The van der Waals surface area contributed by atoms with Gasteiger partial charge in [0.2, 0.25) is 0 Å². The fourth-order valence-electron chi connectivity index (χ4n) is 3.12. The first-order valence-electron chi connectivity index (χ1n) is 10.2. The van der Waals surface area contributed by atoms with Crippen molar-refractivity contribution in [2.24, 2.45) is 11.8 Å². The average Bonchev–Trinajstić information content (AvgIpc) is 3.60. The fraction of sp³-hybridized carbons (Fsp3) is 0.458. The molecule has 0 saturated heterocycles. The van der Waals surface area contributed by atoms with E-state index in [2.05, 4.69) is 12.1 Å². The lowest BCUT2D eigenvalue weighted by atomic mass is 10.0. The number of carboxylic acids is 1. The van der Waals surface area contributed by atoms with Gasteiger partial charge in [0.05, 0.1) is 19.6 Å². The Morgan fingerprint density at radius 3 is 2.50 bits per heavy atom. The van der Waals surface area contributed by atoms with Crippen LogP contribution in [0.1, 0.15) is 49.7 Å². The molecule has 0 radical (unpaired) electrons. The van der Waals surface area contributed by atoms with Crippen LogP contribution in [0.2, 0.25) is 0 Å². The minimum Gasteiger partial charge on any atom is -0.497 e. The summed E-state index contributed by atoms with van der Waals surface area (Å²) >= 11 is 0. The Morgan fingerprint density at radius 1 is 1.11 bits per heavy atom. The van der Waals surface area contributed by atoms with Crippen molar-refractivity contribution in [3.8, 4) is 11.5 Å². The minimum absolute atomic E-state index is 0.392. The molecule has 0 heterocycles. The van der Waals surface area contributed by atoms with Crippen molar-refractivity contribution in [3.05, 3.63) is 59.7 Å². The summed E-state index contributed by atoms with van der Waals surface area (Å²) in [6.45, 7) is 2.40. The monoisotopic (exact) mass is 382 g/mol. The second-order valence-corrected chi connectivity index (χ2v) is 7.84. The molecule has 3 atom stereocenters. The van der Waals surface area contributed by atoms with Gasteiger partial charge in [-0.05, 0) is 54.2 Å². The van der Waals surface area contributed by atoms with Gasteiger partial charge in [-0.3, -0.25) is 4.79 Å². The Hall–Kier alpha value is -2.49. The van der Waals surface area contributed by atoms with Crippen LogP contribution in [0.3, 0.4) is 0 Å². The third-order valence-electron chi connectivity index (χ3n) is 5.12. The van der Waals surface area contributed by atoms with Gasteiger partial charge in [0.25, 0.3) is 0 Å². The van der Waals surface area contributed by atoms with E-state index < -0.39 is 11.9 Å². The van der Waals surface area contributed by atoms with E-state index in [-0.39, 0.29) is 0 Å². The molecule has 3 unspecified atom stereocenters. The summed E-state index contributed by atoms with van der Waals surface area (Å²) in [5.41, 5.74) is 2.30. The zero-order valence-corrected chi connectivity index (χ0v) is 16.8. The minimum atomic E-state index is -0.773. The van der Waals surface area contributed by atoms with E-state index in [0.29, 0.717) is 24.9 Å². The van der Waals surface area contributed by atoms with Gasteiger partial charge in [-0.1, -0.05) is 50.5 Å². The number of carbonyl (C=O) groups is 1. The molecular formula is C24H30O4. The smallest absolute Gasteiger partial charge is 0.306 e. The first kappa shape index (κ1) is 20.2. The standard InChI is InChI=1S/C21H24O4.C3H6/c1-14(21(22)23)9-15-5-3-8-19(10-15)25-13-17-12-20(17)16-6-4-7-18(11-16)24-2;1-2-3-1/h3-8,10-11,14,17,20H,9,12-13H2,1-2H3,(H,22,23);1-3H2. The van der Waals surface area contributed by atoms with E-state index in [0.717, 1.165) is 23.5 Å². The van der Waals surface area contributed by atoms with Crippen LogP contribution >= 0.6 is 0 Å². The van der Waals surface area contributed by atoms with Gasteiger partial charge >= 0.3 is 5.97 Å². The van der Waals surface area contributed by atoms with E-state index in [1.807, 2.05) is 36.4 Å². The van der Waals surface area contributed by atoms with E-state index in [1.165, 1.54) is 24.8 Å². The summed E-state index contributed by atoms with van der Waals surface area (Å²) in [7, 11) is 1.69. The number of benzene rings is 2. The van der Waals surface area contributed by atoms with Crippen LogP contribution in [-0.4, -0.2) is 24.8 Å². The van der Waals surface area contributed by atoms with Gasteiger partial charge in [-0.25, -0.2) is 0 Å². The quantitative estimate of drug-likeness (QED) is 0.672. The van der Waals surface area contributed by atoms with Crippen LogP contribution < -0.4 is 9.47 Å². The molecule has 2 aromatic carbocycles. The summed E-state index contributed by atoms with van der Waals surface area (Å²) in [6.07, 6.45) is 6.14. The molecule has 28 heavy (non-hydrogen) atoms. The van der Waals surface area contributed by atoms with Crippen LogP contribution in [-0.2, 0) is 11.2 Å². The van der Waals surface area contributed by atoms with Crippen LogP contribution in [0, 0.1) is 11.8 Å². The average molecular weight is 383 g/mol. The summed E-state index contributed by atoms with van der Waals surface area (Å²) in [5.74, 6) is 1.59. The highest BCUT2D eigenvalue weighted by Crippen LogP contribution is 2.48. The van der Waals surface area contributed by atoms with Crippen LogP contribution in [0.15, 0.2) is 48.5 Å². The van der Waals surface area contributed by atoms with Gasteiger partial charge < -0.3 is 14.6 Å². The molecule has 0 aromatic heterocycles. The van der Waals surface area contributed by atoms with E-state index in [4.69, 9.17) is 14.6 Å². The van der Waals surface area contributed by atoms with Gasteiger partial charge in [0.15, 0.2) is 0 Å². The Kier molecular flexibility index (Phi) is 6.96. The second-order valence-electron chi connectivity index (χ2n) is 7.84. The highest BCUT2D eigenvalue weighted by Gasteiger charge is 2.39. The molecule has 4 rings (SSSR count). The van der Waals surface area contributed by atoms with Crippen molar-refractivity contribution < 1.29 is 19.4 Å². The lowest BCUT2D eigenvalue weighted by molar-refractivity contribution is -0.141. The van der Waals surface area contributed by atoms with Crippen LogP contribution in [0.25, 0.3) is 0 Å². The van der Waals surface area contributed by atoms with Crippen LogP contribution in [0.4, 0.5) is 0 Å². The molecule has 4 heteroatoms. The third-order valence-corrected chi connectivity index (χ3v) is 5.12. The number of hydrogen-bond acceptors (Lipinski definition) is 3. The molecule has 0 amide bonds. The molecule has 0 spiro atoms. The molecule has 2 saturated carbocycles. The molecule has 4 nitrogen and oxygen atoms in total. The van der Waals surface area contributed by atoms with Crippen LogP contribution in [0.5, 0.6) is 11.5 Å².